The summed E-state index contributed by atoms with van der Waals surface area (Å²) in [6.45, 7) is 0. The summed E-state index contributed by atoms with van der Waals surface area (Å²) in [6.07, 6.45) is 1.82. The third kappa shape index (κ3) is 6.39. The second-order valence-corrected chi connectivity index (χ2v) is 14.7. The van der Waals surface area contributed by atoms with Gasteiger partial charge in [-0.3, -0.25) is 4.98 Å². The number of hydrogen-bond donors (Lipinski definition) is 0. The van der Waals surface area contributed by atoms with E-state index in [0.717, 1.165) is 54.6 Å². The summed E-state index contributed by atoms with van der Waals surface area (Å²) in [4.78, 5) is 14.5. The van der Waals surface area contributed by atoms with Gasteiger partial charge in [-0.25, -0.2) is 9.97 Å². The molecule has 55 heavy (non-hydrogen) atoms. The SMILES string of the molecule is c1ccc(-c2cc(-c3cccc(-c4c(-c5ccc(-c6ccc7nc(-c8ccccn8)sc7c6)cc5)ccc5ccccc45)c3)cc(-c3ccccc3)n2)cc1. The first-order valence-corrected chi connectivity index (χ1v) is 19.2. The zero-order valence-corrected chi connectivity index (χ0v) is 30.6. The molecule has 0 amide bonds. The number of nitrogens with zero attached hydrogens (tertiary/aromatic N) is 3. The lowest BCUT2D eigenvalue weighted by atomic mass is 9.88. The normalized spacial score (nSPS) is 11.3. The highest BCUT2D eigenvalue weighted by atomic mass is 32.1. The highest BCUT2D eigenvalue weighted by Gasteiger charge is 2.15. The van der Waals surface area contributed by atoms with Crippen LogP contribution in [0.15, 0.2) is 200 Å². The van der Waals surface area contributed by atoms with Gasteiger partial charge in [0.15, 0.2) is 0 Å². The quantitative estimate of drug-likeness (QED) is 0.165. The molecule has 3 heterocycles. The molecule has 10 aromatic rings. The van der Waals surface area contributed by atoms with Crippen molar-refractivity contribution in [3.63, 3.8) is 0 Å². The number of benzene rings is 7. The number of aromatic nitrogens is 3. The van der Waals surface area contributed by atoms with Crippen LogP contribution in [-0.2, 0) is 0 Å². The number of pyridine rings is 2. The van der Waals surface area contributed by atoms with E-state index < -0.39 is 0 Å². The Bertz CT molecular complexity index is 2900. The first-order chi connectivity index (χ1) is 27.2. The highest BCUT2D eigenvalue weighted by molar-refractivity contribution is 7.21. The lowest BCUT2D eigenvalue weighted by molar-refractivity contribution is 1.31. The van der Waals surface area contributed by atoms with Crippen molar-refractivity contribution in [3.05, 3.63) is 200 Å². The van der Waals surface area contributed by atoms with Crippen molar-refractivity contribution in [3.8, 4) is 77.7 Å². The number of rotatable bonds is 7. The molecule has 0 atom stereocenters. The Morgan fingerprint density at radius 3 is 1.75 bits per heavy atom. The molecule has 4 heteroatoms. The van der Waals surface area contributed by atoms with E-state index >= 15 is 0 Å². The van der Waals surface area contributed by atoms with Crippen LogP contribution in [0, 0.1) is 0 Å². The molecule has 0 aliphatic rings. The van der Waals surface area contributed by atoms with E-state index in [1.54, 1.807) is 11.3 Å². The van der Waals surface area contributed by atoms with Gasteiger partial charge in [0, 0.05) is 17.3 Å². The van der Waals surface area contributed by atoms with Gasteiger partial charge in [0.1, 0.15) is 5.01 Å². The van der Waals surface area contributed by atoms with Gasteiger partial charge < -0.3 is 0 Å². The maximum atomic E-state index is 5.13. The van der Waals surface area contributed by atoms with Gasteiger partial charge in [-0.1, -0.05) is 152 Å². The monoisotopic (exact) mass is 719 g/mol. The van der Waals surface area contributed by atoms with Gasteiger partial charge in [0.25, 0.3) is 0 Å². The molecular formula is C51H33N3S. The van der Waals surface area contributed by atoms with Crippen LogP contribution in [0.5, 0.6) is 0 Å². The fourth-order valence-corrected chi connectivity index (χ4v) is 8.42. The largest absolute Gasteiger partial charge is 0.254 e. The summed E-state index contributed by atoms with van der Waals surface area (Å²) in [7, 11) is 0. The standard InChI is InChI=1S/C51H33N3S/c1-3-13-37(14-4-1)47-31-42(32-48(53-47)38-15-5-2-6-16-38)39-17-11-18-41(30-39)50-43-19-8-7-12-35(43)25-27-44(50)36-23-21-34(22-24-36)40-26-28-45-49(33-40)55-51(54-45)46-20-9-10-29-52-46/h1-33H. The molecule has 0 aliphatic carbocycles. The highest BCUT2D eigenvalue weighted by Crippen LogP contribution is 2.41. The first-order valence-electron chi connectivity index (χ1n) is 18.4. The Morgan fingerprint density at radius 2 is 1.00 bits per heavy atom. The average molecular weight is 720 g/mol. The Kier molecular flexibility index (Phi) is 8.36. The first kappa shape index (κ1) is 32.6. The molecule has 0 bridgehead atoms. The van der Waals surface area contributed by atoms with Crippen molar-refractivity contribution in [2.24, 2.45) is 0 Å². The van der Waals surface area contributed by atoms with Crippen LogP contribution in [0.1, 0.15) is 0 Å². The fraction of sp³-hybridized carbons (Fsp3) is 0. The summed E-state index contributed by atoms with van der Waals surface area (Å²) in [5.41, 5.74) is 15.4. The maximum Gasteiger partial charge on any atom is 0.143 e. The van der Waals surface area contributed by atoms with Crippen LogP contribution < -0.4 is 0 Å². The topological polar surface area (TPSA) is 38.7 Å². The minimum absolute atomic E-state index is 0.904. The number of thiazole rings is 1. The van der Waals surface area contributed by atoms with Gasteiger partial charge in [0.05, 0.1) is 27.3 Å². The van der Waals surface area contributed by atoms with E-state index in [0.29, 0.717) is 0 Å². The molecule has 0 aliphatic heterocycles. The minimum Gasteiger partial charge on any atom is -0.254 e. The van der Waals surface area contributed by atoms with Gasteiger partial charge in [-0.15, -0.1) is 11.3 Å². The zero-order valence-electron chi connectivity index (χ0n) is 29.8. The van der Waals surface area contributed by atoms with Crippen molar-refractivity contribution >= 4 is 32.3 Å². The molecule has 7 aromatic carbocycles. The van der Waals surface area contributed by atoms with Crippen molar-refractivity contribution in [2.75, 3.05) is 0 Å². The molecule has 3 aromatic heterocycles. The van der Waals surface area contributed by atoms with Crippen LogP contribution >= 0.6 is 11.3 Å². The Hall–Kier alpha value is -7.01. The van der Waals surface area contributed by atoms with Crippen molar-refractivity contribution in [2.45, 2.75) is 0 Å². The lowest BCUT2D eigenvalue weighted by Gasteiger charge is -2.16. The molecule has 3 nitrogen and oxygen atoms in total. The molecule has 0 unspecified atom stereocenters. The average Bonchev–Trinajstić information content (AvgIpc) is 3.71. The zero-order chi connectivity index (χ0) is 36.6. The Labute approximate surface area is 323 Å². The molecule has 0 saturated carbocycles. The summed E-state index contributed by atoms with van der Waals surface area (Å²) in [5, 5.41) is 3.38. The lowest BCUT2D eigenvalue weighted by Crippen LogP contribution is -1.92. The molecule has 0 radical (unpaired) electrons. The van der Waals surface area contributed by atoms with Gasteiger partial charge >= 0.3 is 0 Å². The van der Waals surface area contributed by atoms with Crippen molar-refractivity contribution in [1.29, 1.82) is 0 Å². The van der Waals surface area contributed by atoms with E-state index in [2.05, 4.69) is 169 Å². The van der Waals surface area contributed by atoms with Crippen LogP contribution in [-0.4, -0.2) is 15.0 Å². The van der Waals surface area contributed by atoms with Gasteiger partial charge in [-0.05, 0) is 97.7 Å². The second kappa shape index (κ2) is 14.1. The third-order valence-corrected chi connectivity index (χ3v) is 11.2. The Balaban J connectivity index is 1.05. The number of hydrogen-bond acceptors (Lipinski definition) is 4. The van der Waals surface area contributed by atoms with E-state index in [4.69, 9.17) is 9.97 Å². The molecule has 0 saturated heterocycles. The summed E-state index contributed by atoms with van der Waals surface area (Å²) in [6, 6.07) is 68.9. The van der Waals surface area contributed by atoms with Crippen LogP contribution in [0.3, 0.4) is 0 Å². The van der Waals surface area contributed by atoms with Crippen molar-refractivity contribution < 1.29 is 0 Å². The number of fused-ring (bicyclic) bond motifs is 2. The Morgan fingerprint density at radius 1 is 0.364 bits per heavy atom. The van der Waals surface area contributed by atoms with Gasteiger partial charge in [-0.2, -0.15) is 0 Å². The van der Waals surface area contributed by atoms with Crippen LogP contribution in [0.4, 0.5) is 0 Å². The molecule has 258 valence electrons. The summed E-state index contributed by atoms with van der Waals surface area (Å²) >= 11 is 1.68. The van der Waals surface area contributed by atoms with Crippen LogP contribution in [0.2, 0.25) is 0 Å². The van der Waals surface area contributed by atoms with Crippen molar-refractivity contribution in [1.82, 2.24) is 15.0 Å². The smallest absolute Gasteiger partial charge is 0.143 e. The molecule has 10 rings (SSSR count). The van der Waals surface area contributed by atoms with E-state index in [1.807, 2.05) is 36.5 Å². The summed E-state index contributed by atoms with van der Waals surface area (Å²) < 4.78 is 1.15. The molecule has 0 N–H and O–H groups in total. The maximum absolute atomic E-state index is 5.13. The van der Waals surface area contributed by atoms with Crippen LogP contribution in [0.25, 0.3) is 98.7 Å². The predicted molar refractivity (Wildman–Crippen MR) is 231 cm³/mol. The second-order valence-electron chi connectivity index (χ2n) is 13.6. The molecule has 0 fully saturated rings. The molecular weight excluding hydrogens is 687 g/mol. The van der Waals surface area contributed by atoms with E-state index in [1.165, 1.54) is 44.2 Å². The predicted octanol–water partition coefficient (Wildman–Crippen LogP) is 13.9. The molecule has 0 spiro atoms. The van der Waals surface area contributed by atoms with E-state index in [9.17, 15) is 0 Å². The fourth-order valence-electron chi connectivity index (χ4n) is 7.43. The third-order valence-electron chi connectivity index (χ3n) is 10.2. The summed E-state index contributed by atoms with van der Waals surface area (Å²) in [5.74, 6) is 0. The minimum atomic E-state index is 0.904. The van der Waals surface area contributed by atoms with Gasteiger partial charge in [0.2, 0.25) is 0 Å². The van der Waals surface area contributed by atoms with E-state index in [-0.39, 0.29) is 0 Å².